The molecule has 0 saturated carbocycles. The number of carbonyl (C=O) groups is 1. The van der Waals surface area contributed by atoms with E-state index in [1.165, 1.54) is 11.5 Å². The van der Waals surface area contributed by atoms with Gasteiger partial charge in [-0.05, 0) is 43.0 Å². The summed E-state index contributed by atoms with van der Waals surface area (Å²) in [5.74, 6) is 1.02. The van der Waals surface area contributed by atoms with E-state index in [2.05, 4.69) is 14.6 Å². The fourth-order valence-corrected chi connectivity index (χ4v) is 4.58. The molecule has 4 rings (SSSR count). The smallest absolute Gasteiger partial charge is 0.223 e. The van der Waals surface area contributed by atoms with Crippen molar-refractivity contribution in [3.05, 3.63) is 76.6 Å². The van der Waals surface area contributed by atoms with Crippen molar-refractivity contribution in [3.8, 4) is 0 Å². The van der Waals surface area contributed by atoms with Crippen LogP contribution in [-0.4, -0.2) is 28.4 Å². The van der Waals surface area contributed by atoms with Crippen molar-refractivity contribution in [3.63, 3.8) is 0 Å². The summed E-state index contributed by atoms with van der Waals surface area (Å²) in [4.78, 5) is 19.6. The van der Waals surface area contributed by atoms with E-state index in [0.717, 1.165) is 53.0 Å². The number of amides is 1. The maximum Gasteiger partial charge on any atom is 0.223 e. The zero-order valence-corrected chi connectivity index (χ0v) is 18.5. The molecule has 1 N–H and O–H groups in total. The molecule has 0 spiro atoms. The third-order valence-corrected chi connectivity index (χ3v) is 6.59. The molecular formula is C23H25ClN4OS. The Balaban J connectivity index is 1.28. The van der Waals surface area contributed by atoms with E-state index in [0.29, 0.717) is 6.42 Å². The highest BCUT2D eigenvalue weighted by molar-refractivity contribution is 7.09. The van der Waals surface area contributed by atoms with Gasteiger partial charge in [-0.2, -0.15) is 4.37 Å². The molecule has 1 saturated heterocycles. The van der Waals surface area contributed by atoms with Crippen LogP contribution in [0.1, 0.15) is 42.8 Å². The highest BCUT2D eigenvalue weighted by atomic mass is 35.5. The quantitative estimate of drug-likeness (QED) is 0.593. The third-order valence-electron chi connectivity index (χ3n) is 5.53. The van der Waals surface area contributed by atoms with Crippen LogP contribution < -0.4 is 10.2 Å². The van der Waals surface area contributed by atoms with Crippen LogP contribution in [-0.2, 0) is 11.2 Å². The fraction of sp³-hybridized carbons (Fsp3) is 0.348. The van der Waals surface area contributed by atoms with E-state index in [-0.39, 0.29) is 17.9 Å². The van der Waals surface area contributed by atoms with Gasteiger partial charge in [0, 0.05) is 42.0 Å². The standard InChI is InChI=1S/C23H25ClN4OS/c1-16(18-5-3-2-4-6-18)25-22(29)19-11-13-28(14-12-19)23-26-21(27-30-23)15-17-7-9-20(24)10-8-17/h2-10,16,19H,11-15H2,1H3,(H,25,29). The van der Waals surface area contributed by atoms with Gasteiger partial charge in [0.1, 0.15) is 5.82 Å². The fourth-order valence-electron chi connectivity index (χ4n) is 3.72. The second-order valence-corrected chi connectivity index (χ2v) is 8.87. The van der Waals surface area contributed by atoms with Crippen LogP contribution >= 0.6 is 23.1 Å². The van der Waals surface area contributed by atoms with Crippen LogP contribution in [0.15, 0.2) is 54.6 Å². The molecule has 7 heteroatoms. The van der Waals surface area contributed by atoms with Gasteiger partial charge in [0.15, 0.2) is 0 Å². The predicted octanol–water partition coefficient (Wildman–Crippen LogP) is 4.88. The van der Waals surface area contributed by atoms with Gasteiger partial charge in [0.2, 0.25) is 11.0 Å². The molecule has 0 bridgehead atoms. The molecule has 5 nitrogen and oxygen atoms in total. The zero-order valence-electron chi connectivity index (χ0n) is 16.9. The van der Waals surface area contributed by atoms with Crippen molar-refractivity contribution in [2.24, 2.45) is 5.92 Å². The van der Waals surface area contributed by atoms with Crippen LogP contribution in [0.2, 0.25) is 5.02 Å². The van der Waals surface area contributed by atoms with Crippen LogP contribution in [0.4, 0.5) is 5.13 Å². The first-order valence-corrected chi connectivity index (χ1v) is 11.4. The first-order valence-electron chi connectivity index (χ1n) is 10.3. The SMILES string of the molecule is CC(NC(=O)C1CCN(c2nc(Cc3ccc(Cl)cc3)ns2)CC1)c1ccccc1. The van der Waals surface area contributed by atoms with E-state index in [1.54, 1.807) is 0 Å². The van der Waals surface area contributed by atoms with Crippen molar-refractivity contribution in [2.45, 2.75) is 32.2 Å². The molecule has 0 radical (unpaired) electrons. The first kappa shape index (κ1) is 20.8. The number of piperidine rings is 1. The van der Waals surface area contributed by atoms with Crippen molar-refractivity contribution in [1.82, 2.24) is 14.7 Å². The molecule has 2 aromatic carbocycles. The van der Waals surface area contributed by atoms with Crippen LogP contribution in [0.3, 0.4) is 0 Å². The Bertz CT molecular complexity index is 968. The molecular weight excluding hydrogens is 416 g/mol. The number of nitrogens with zero attached hydrogens (tertiary/aromatic N) is 3. The lowest BCUT2D eigenvalue weighted by Gasteiger charge is -2.31. The number of halogens is 1. The highest BCUT2D eigenvalue weighted by Crippen LogP contribution is 2.26. The Labute approximate surface area is 186 Å². The molecule has 1 atom stereocenters. The number of aromatic nitrogens is 2. The minimum Gasteiger partial charge on any atom is -0.349 e. The van der Waals surface area contributed by atoms with Crippen molar-refractivity contribution in [2.75, 3.05) is 18.0 Å². The number of hydrogen-bond donors (Lipinski definition) is 1. The van der Waals surface area contributed by atoms with E-state index in [9.17, 15) is 4.79 Å². The van der Waals surface area contributed by atoms with Gasteiger partial charge >= 0.3 is 0 Å². The minimum atomic E-state index is 0.0234. The second-order valence-electron chi connectivity index (χ2n) is 7.70. The van der Waals surface area contributed by atoms with Gasteiger partial charge in [0.25, 0.3) is 0 Å². The molecule has 1 aliphatic heterocycles. The Hall–Kier alpha value is -2.44. The normalized spacial score (nSPS) is 15.7. The number of carbonyl (C=O) groups excluding carboxylic acids is 1. The summed E-state index contributed by atoms with van der Waals surface area (Å²) >= 11 is 7.38. The summed E-state index contributed by atoms with van der Waals surface area (Å²) < 4.78 is 4.51. The number of nitrogens with one attached hydrogen (secondary N) is 1. The first-order chi connectivity index (χ1) is 14.6. The second kappa shape index (κ2) is 9.58. The molecule has 30 heavy (non-hydrogen) atoms. The van der Waals surface area contributed by atoms with Crippen molar-refractivity contribution in [1.29, 1.82) is 0 Å². The predicted molar refractivity (Wildman–Crippen MR) is 122 cm³/mol. The van der Waals surface area contributed by atoms with Gasteiger partial charge in [-0.3, -0.25) is 4.79 Å². The highest BCUT2D eigenvalue weighted by Gasteiger charge is 2.27. The summed E-state index contributed by atoms with van der Waals surface area (Å²) in [5, 5.41) is 4.84. The summed E-state index contributed by atoms with van der Waals surface area (Å²) in [5.41, 5.74) is 2.28. The largest absolute Gasteiger partial charge is 0.349 e. The van der Waals surface area contributed by atoms with Crippen LogP contribution in [0.25, 0.3) is 0 Å². The Morgan fingerprint density at radius 2 is 1.87 bits per heavy atom. The van der Waals surface area contributed by atoms with Crippen molar-refractivity contribution < 1.29 is 4.79 Å². The summed E-state index contributed by atoms with van der Waals surface area (Å²) in [6, 6.07) is 17.9. The Kier molecular flexibility index (Phi) is 6.65. The van der Waals surface area contributed by atoms with Crippen molar-refractivity contribution >= 4 is 34.2 Å². The van der Waals surface area contributed by atoms with Gasteiger partial charge in [0.05, 0.1) is 6.04 Å². The van der Waals surface area contributed by atoms with E-state index >= 15 is 0 Å². The molecule has 1 amide bonds. The number of benzene rings is 2. The lowest BCUT2D eigenvalue weighted by atomic mass is 9.95. The Morgan fingerprint density at radius 3 is 2.57 bits per heavy atom. The summed E-state index contributed by atoms with van der Waals surface area (Å²) in [7, 11) is 0. The lowest BCUT2D eigenvalue weighted by molar-refractivity contribution is -0.126. The average molecular weight is 441 g/mol. The molecule has 1 aliphatic rings. The minimum absolute atomic E-state index is 0.0234. The average Bonchev–Trinajstić information content (AvgIpc) is 3.24. The summed E-state index contributed by atoms with van der Waals surface area (Å²) in [6.45, 7) is 3.69. The summed E-state index contributed by atoms with van der Waals surface area (Å²) in [6.07, 6.45) is 2.36. The molecule has 3 aromatic rings. The maximum atomic E-state index is 12.7. The molecule has 2 heterocycles. The molecule has 1 unspecified atom stereocenters. The van der Waals surface area contributed by atoms with E-state index in [4.69, 9.17) is 16.6 Å². The molecule has 156 valence electrons. The Morgan fingerprint density at radius 1 is 1.17 bits per heavy atom. The molecule has 1 fully saturated rings. The van der Waals surface area contributed by atoms with Crippen LogP contribution in [0, 0.1) is 5.92 Å². The number of anilines is 1. The number of hydrogen-bond acceptors (Lipinski definition) is 5. The number of rotatable bonds is 6. The topological polar surface area (TPSA) is 58.1 Å². The lowest BCUT2D eigenvalue weighted by Crippen LogP contribution is -2.41. The maximum absolute atomic E-state index is 12.7. The van der Waals surface area contributed by atoms with Crippen LogP contribution in [0.5, 0.6) is 0 Å². The van der Waals surface area contributed by atoms with E-state index in [1.807, 2.05) is 61.5 Å². The van der Waals surface area contributed by atoms with Gasteiger partial charge in [-0.25, -0.2) is 4.98 Å². The van der Waals surface area contributed by atoms with Gasteiger partial charge in [-0.1, -0.05) is 54.1 Å². The van der Waals surface area contributed by atoms with Gasteiger partial charge in [-0.15, -0.1) is 0 Å². The monoisotopic (exact) mass is 440 g/mol. The third kappa shape index (κ3) is 5.18. The van der Waals surface area contributed by atoms with E-state index < -0.39 is 0 Å². The molecule has 0 aliphatic carbocycles. The van der Waals surface area contributed by atoms with Gasteiger partial charge < -0.3 is 10.2 Å². The molecule has 1 aromatic heterocycles. The zero-order chi connectivity index (χ0) is 20.9.